The molecule has 1 rings (SSSR count). The van der Waals surface area contributed by atoms with E-state index in [2.05, 4.69) is 5.32 Å². The number of carbonyl (C=O) groups excluding carboxylic acids is 1. The van der Waals surface area contributed by atoms with E-state index in [1.54, 1.807) is 24.3 Å². The van der Waals surface area contributed by atoms with Gasteiger partial charge in [0.1, 0.15) is 6.04 Å². The van der Waals surface area contributed by atoms with Gasteiger partial charge >= 0.3 is 5.97 Å². The lowest BCUT2D eigenvalue weighted by atomic mass is 10.3. The zero-order valence-electron chi connectivity index (χ0n) is 9.43. The van der Waals surface area contributed by atoms with Gasteiger partial charge in [0, 0.05) is 16.5 Å². The van der Waals surface area contributed by atoms with Crippen LogP contribution in [0.25, 0.3) is 0 Å². The first kappa shape index (κ1) is 14.8. The van der Waals surface area contributed by atoms with Crippen molar-refractivity contribution in [1.82, 2.24) is 0 Å². The lowest BCUT2D eigenvalue weighted by Gasteiger charge is -2.07. The van der Waals surface area contributed by atoms with E-state index in [0.29, 0.717) is 10.7 Å². The summed E-state index contributed by atoms with van der Waals surface area (Å²) in [7, 11) is 0. The summed E-state index contributed by atoms with van der Waals surface area (Å²) in [5.74, 6) is -0.955. The van der Waals surface area contributed by atoms with Crippen molar-refractivity contribution in [3.05, 3.63) is 29.3 Å². The Bertz CT molecular complexity index is 442. The van der Waals surface area contributed by atoms with Crippen molar-refractivity contribution in [2.45, 2.75) is 6.04 Å². The van der Waals surface area contributed by atoms with Crippen molar-refractivity contribution in [3.63, 3.8) is 0 Å². The average Bonchev–Trinajstić information content (AvgIpc) is 2.28. The first-order valence-corrected chi connectivity index (χ1v) is 6.64. The summed E-state index contributed by atoms with van der Waals surface area (Å²) in [5, 5.41) is 11.7. The van der Waals surface area contributed by atoms with Gasteiger partial charge in [-0.2, -0.15) is 0 Å². The summed E-state index contributed by atoms with van der Waals surface area (Å²) in [6, 6.07) is 5.84. The first-order chi connectivity index (χ1) is 8.49. The van der Waals surface area contributed by atoms with Crippen LogP contribution in [0.3, 0.4) is 0 Å². The summed E-state index contributed by atoms with van der Waals surface area (Å²) in [6.45, 7) is 0. The molecular formula is C11H13ClN2O3S. The standard InChI is InChI=1S/C11H13ClN2O3S/c12-7-2-1-3-8(4-7)14-10(15)6-18-5-9(13)11(16)17/h1-4,9H,5-6,13H2,(H,14,15)(H,16,17)/t9-/m1/s1. The minimum absolute atomic E-state index is 0.146. The van der Waals surface area contributed by atoms with E-state index in [-0.39, 0.29) is 17.4 Å². The number of thioether (sulfide) groups is 1. The largest absolute Gasteiger partial charge is 0.480 e. The van der Waals surface area contributed by atoms with Gasteiger partial charge in [-0.05, 0) is 18.2 Å². The van der Waals surface area contributed by atoms with E-state index < -0.39 is 12.0 Å². The molecule has 1 amide bonds. The maximum absolute atomic E-state index is 11.5. The Hall–Kier alpha value is -1.24. The number of nitrogens with one attached hydrogen (secondary N) is 1. The number of amides is 1. The molecule has 0 radical (unpaired) electrons. The minimum Gasteiger partial charge on any atom is -0.480 e. The second kappa shape index (κ2) is 7.25. The molecule has 0 saturated carbocycles. The molecule has 0 fully saturated rings. The van der Waals surface area contributed by atoms with Gasteiger partial charge in [0.25, 0.3) is 0 Å². The maximum atomic E-state index is 11.5. The number of carboxylic acids is 1. The van der Waals surface area contributed by atoms with Gasteiger partial charge < -0.3 is 16.2 Å². The number of carboxylic acid groups (broad SMARTS) is 1. The number of carbonyl (C=O) groups is 2. The number of hydrogen-bond acceptors (Lipinski definition) is 4. The smallest absolute Gasteiger partial charge is 0.321 e. The number of nitrogens with two attached hydrogens (primary N) is 1. The first-order valence-electron chi connectivity index (χ1n) is 5.10. The van der Waals surface area contributed by atoms with Crippen LogP contribution in [0.15, 0.2) is 24.3 Å². The van der Waals surface area contributed by atoms with Crippen molar-refractivity contribution in [1.29, 1.82) is 0 Å². The predicted octanol–water partition coefficient (Wildman–Crippen LogP) is 1.42. The average molecular weight is 289 g/mol. The van der Waals surface area contributed by atoms with Crippen LogP contribution in [0.1, 0.15) is 0 Å². The fraction of sp³-hybridized carbons (Fsp3) is 0.273. The Morgan fingerprint density at radius 3 is 2.83 bits per heavy atom. The molecule has 0 unspecified atom stereocenters. The lowest BCUT2D eigenvalue weighted by Crippen LogP contribution is -2.33. The molecule has 1 atom stereocenters. The van der Waals surface area contributed by atoms with E-state index in [0.717, 1.165) is 0 Å². The summed E-state index contributed by atoms with van der Waals surface area (Å²) in [6.07, 6.45) is 0. The highest BCUT2D eigenvalue weighted by atomic mass is 35.5. The Morgan fingerprint density at radius 1 is 1.50 bits per heavy atom. The Balaban J connectivity index is 2.32. The highest BCUT2D eigenvalue weighted by Crippen LogP contribution is 2.15. The predicted molar refractivity (Wildman–Crippen MR) is 73.0 cm³/mol. The molecule has 5 nitrogen and oxygen atoms in total. The highest BCUT2D eigenvalue weighted by Gasteiger charge is 2.12. The fourth-order valence-electron chi connectivity index (χ4n) is 1.11. The van der Waals surface area contributed by atoms with E-state index in [9.17, 15) is 9.59 Å². The second-order valence-electron chi connectivity index (χ2n) is 3.52. The van der Waals surface area contributed by atoms with Gasteiger partial charge in [0.15, 0.2) is 0 Å². The Kier molecular flexibility index (Phi) is 5.97. The minimum atomic E-state index is -1.07. The summed E-state index contributed by atoms with van der Waals surface area (Å²) in [4.78, 5) is 22.0. The second-order valence-corrected chi connectivity index (χ2v) is 4.99. The summed E-state index contributed by atoms with van der Waals surface area (Å²) in [5.41, 5.74) is 5.91. The van der Waals surface area contributed by atoms with Crippen molar-refractivity contribution < 1.29 is 14.7 Å². The van der Waals surface area contributed by atoms with Gasteiger partial charge in [0.05, 0.1) is 5.75 Å². The lowest BCUT2D eigenvalue weighted by molar-refractivity contribution is -0.137. The highest BCUT2D eigenvalue weighted by molar-refractivity contribution is 8.00. The Morgan fingerprint density at radius 2 is 2.22 bits per heavy atom. The third-order valence-corrected chi connectivity index (χ3v) is 3.25. The summed E-state index contributed by atoms with van der Waals surface area (Å²) < 4.78 is 0. The van der Waals surface area contributed by atoms with Gasteiger partial charge in [0.2, 0.25) is 5.91 Å². The number of benzene rings is 1. The molecule has 7 heteroatoms. The van der Waals surface area contributed by atoms with Crippen molar-refractivity contribution >= 4 is 40.9 Å². The van der Waals surface area contributed by atoms with Crippen LogP contribution < -0.4 is 11.1 Å². The molecule has 0 aliphatic carbocycles. The SMILES string of the molecule is N[C@H](CSCC(=O)Nc1cccc(Cl)c1)C(=O)O. The van der Waals surface area contributed by atoms with Crippen LogP contribution >= 0.6 is 23.4 Å². The van der Waals surface area contributed by atoms with E-state index in [4.69, 9.17) is 22.4 Å². The molecule has 0 aromatic heterocycles. The molecule has 98 valence electrons. The molecule has 0 saturated heterocycles. The maximum Gasteiger partial charge on any atom is 0.321 e. The molecule has 0 aliphatic rings. The third-order valence-electron chi connectivity index (χ3n) is 1.96. The zero-order valence-corrected chi connectivity index (χ0v) is 11.0. The topological polar surface area (TPSA) is 92.4 Å². The quantitative estimate of drug-likeness (QED) is 0.736. The molecule has 18 heavy (non-hydrogen) atoms. The van der Waals surface area contributed by atoms with Crippen LogP contribution in [0.5, 0.6) is 0 Å². The van der Waals surface area contributed by atoms with Crippen LogP contribution in [0, 0.1) is 0 Å². The van der Waals surface area contributed by atoms with E-state index >= 15 is 0 Å². The molecule has 0 aliphatic heterocycles. The van der Waals surface area contributed by atoms with Gasteiger partial charge in [-0.1, -0.05) is 17.7 Å². The van der Waals surface area contributed by atoms with Crippen molar-refractivity contribution in [2.75, 3.05) is 16.8 Å². The number of rotatable bonds is 6. The van der Waals surface area contributed by atoms with Gasteiger partial charge in [-0.25, -0.2) is 0 Å². The van der Waals surface area contributed by atoms with Crippen molar-refractivity contribution in [2.24, 2.45) is 5.73 Å². The van der Waals surface area contributed by atoms with Gasteiger partial charge in [-0.3, -0.25) is 9.59 Å². The number of aliphatic carboxylic acids is 1. The summed E-state index contributed by atoms with van der Waals surface area (Å²) >= 11 is 6.94. The number of hydrogen-bond donors (Lipinski definition) is 3. The molecule has 4 N–H and O–H groups in total. The molecule has 0 spiro atoms. The van der Waals surface area contributed by atoms with E-state index in [1.165, 1.54) is 11.8 Å². The van der Waals surface area contributed by atoms with Crippen LogP contribution in [0.2, 0.25) is 5.02 Å². The molecule has 0 heterocycles. The third kappa shape index (κ3) is 5.39. The molecular weight excluding hydrogens is 276 g/mol. The fourth-order valence-corrected chi connectivity index (χ4v) is 2.08. The number of halogens is 1. The van der Waals surface area contributed by atoms with Crippen LogP contribution in [-0.4, -0.2) is 34.5 Å². The molecule has 1 aromatic carbocycles. The van der Waals surface area contributed by atoms with E-state index in [1.807, 2.05) is 0 Å². The number of anilines is 1. The van der Waals surface area contributed by atoms with Crippen LogP contribution in [-0.2, 0) is 9.59 Å². The Labute approximate surface area is 114 Å². The van der Waals surface area contributed by atoms with Gasteiger partial charge in [-0.15, -0.1) is 11.8 Å². The molecule has 0 bridgehead atoms. The van der Waals surface area contributed by atoms with Crippen LogP contribution in [0.4, 0.5) is 5.69 Å². The zero-order chi connectivity index (χ0) is 13.5. The van der Waals surface area contributed by atoms with Crippen molar-refractivity contribution in [3.8, 4) is 0 Å². The normalized spacial score (nSPS) is 11.9. The molecule has 1 aromatic rings. The monoisotopic (exact) mass is 288 g/mol.